The highest BCUT2D eigenvalue weighted by Gasteiger charge is 2.17. The zero-order valence-electron chi connectivity index (χ0n) is 13.2. The Kier molecular flexibility index (Phi) is 7.81. The van der Waals surface area contributed by atoms with Crippen LogP contribution in [0, 0.1) is 5.92 Å². The maximum atomic E-state index is 3.75. The number of hydrogen-bond donors (Lipinski definition) is 1. The lowest BCUT2D eigenvalue weighted by atomic mass is 9.89. The van der Waals surface area contributed by atoms with Crippen LogP contribution in [-0.2, 0) is 12.8 Å². The van der Waals surface area contributed by atoms with E-state index in [4.69, 9.17) is 0 Å². The van der Waals surface area contributed by atoms with Crippen molar-refractivity contribution in [2.45, 2.75) is 65.8 Å². The van der Waals surface area contributed by atoms with Gasteiger partial charge in [-0.3, -0.25) is 0 Å². The zero-order valence-corrected chi connectivity index (χ0v) is 13.2. The van der Waals surface area contributed by atoms with Crippen LogP contribution in [0.2, 0.25) is 0 Å². The predicted molar refractivity (Wildman–Crippen MR) is 85.7 cm³/mol. The minimum absolute atomic E-state index is 0.627. The fourth-order valence-electron chi connectivity index (χ4n) is 2.76. The van der Waals surface area contributed by atoms with Crippen LogP contribution in [0.4, 0.5) is 0 Å². The Morgan fingerprint density at radius 1 is 0.895 bits per heavy atom. The molecule has 0 saturated heterocycles. The van der Waals surface area contributed by atoms with Crippen LogP contribution in [0.25, 0.3) is 0 Å². The van der Waals surface area contributed by atoms with E-state index in [2.05, 4.69) is 57.3 Å². The largest absolute Gasteiger partial charge is 0.313 e. The van der Waals surface area contributed by atoms with Crippen molar-refractivity contribution < 1.29 is 0 Å². The SMILES string of the molecule is CCCNC(Cc1ccc(CC)cc1)C(CC)CC. The quantitative estimate of drug-likeness (QED) is 0.685. The molecule has 1 aromatic rings. The molecule has 0 bridgehead atoms. The molecular formula is C18H31N. The Morgan fingerprint density at radius 2 is 1.47 bits per heavy atom. The van der Waals surface area contributed by atoms with Crippen molar-refractivity contribution in [3.05, 3.63) is 35.4 Å². The highest BCUT2D eigenvalue weighted by Crippen LogP contribution is 2.18. The van der Waals surface area contributed by atoms with Crippen molar-refractivity contribution in [3.63, 3.8) is 0 Å². The van der Waals surface area contributed by atoms with Gasteiger partial charge in [-0.25, -0.2) is 0 Å². The normalized spacial score (nSPS) is 12.9. The molecule has 0 spiro atoms. The van der Waals surface area contributed by atoms with Crippen molar-refractivity contribution in [1.82, 2.24) is 5.32 Å². The molecule has 0 saturated carbocycles. The molecule has 0 aliphatic carbocycles. The van der Waals surface area contributed by atoms with Gasteiger partial charge < -0.3 is 5.32 Å². The number of nitrogens with one attached hydrogen (secondary N) is 1. The summed E-state index contributed by atoms with van der Waals surface area (Å²) in [4.78, 5) is 0. The lowest BCUT2D eigenvalue weighted by Crippen LogP contribution is -2.38. The van der Waals surface area contributed by atoms with E-state index < -0.39 is 0 Å². The molecule has 0 amide bonds. The maximum Gasteiger partial charge on any atom is 0.0135 e. The molecular weight excluding hydrogens is 230 g/mol. The average Bonchev–Trinajstić information content (AvgIpc) is 2.46. The zero-order chi connectivity index (χ0) is 14.1. The second kappa shape index (κ2) is 9.14. The van der Waals surface area contributed by atoms with Gasteiger partial charge in [-0.2, -0.15) is 0 Å². The van der Waals surface area contributed by atoms with Gasteiger partial charge in [0.1, 0.15) is 0 Å². The first-order chi connectivity index (χ1) is 9.24. The molecule has 1 rings (SSSR count). The highest BCUT2D eigenvalue weighted by molar-refractivity contribution is 5.23. The third kappa shape index (κ3) is 5.36. The van der Waals surface area contributed by atoms with Crippen LogP contribution in [0.15, 0.2) is 24.3 Å². The fourth-order valence-corrected chi connectivity index (χ4v) is 2.76. The minimum Gasteiger partial charge on any atom is -0.313 e. The topological polar surface area (TPSA) is 12.0 Å². The van der Waals surface area contributed by atoms with Gasteiger partial charge in [0.2, 0.25) is 0 Å². The predicted octanol–water partition coefficient (Wildman–Crippen LogP) is 4.60. The van der Waals surface area contributed by atoms with E-state index in [9.17, 15) is 0 Å². The van der Waals surface area contributed by atoms with Crippen molar-refractivity contribution >= 4 is 0 Å². The lowest BCUT2D eigenvalue weighted by Gasteiger charge is -2.26. The smallest absolute Gasteiger partial charge is 0.0135 e. The molecule has 0 aliphatic heterocycles. The van der Waals surface area contributed by atoms with Crippen molar-refractivity contribution in [1.29, 1.82) is 0 Å². The van der Waals surface area contributed by atoms with Gasteiger partial charge in [0.15, 0.2) is 0 Å². The standard InChI is InChI=1S/C18H31N/c1-5-13-19-18(17(7-3)8-4)14-16-11-9-15(6-2)10-12-16/h9-12,17-19H,5-8,13-14H2,1-4H3. The van der Waals surface area contributed by atoms with Crippen molar-refractivity contribution in [2.24, 2.45) is 5.92 Å². The monoisotopic (exact) mass is 261 g/mol. The summed E-state index contributed by atoms with van der Waals surface area (Å²) in [6.45, 7) is 10.2. The lowest BCUT2D eigenvalue weighted by molar-refractivity contribution is 0.332. The van der Waals surface area contributed by atoms with Gasteiger partial charge in [0, 0.05) is 6.04 Å². The maximum absolute atomic E-state index is 3.75. The third-order valence-corrected chi connectivity index (χ3v) is 4.16. The number of rotatable bonds is 9. The van der Waals surface area contributed by atoms with Crippen LogP contribution < -0.4 is 5.32 Å². The first-order valence-electron chi connectivity index (χ1n) is 8.06. The van der Waals surface area contributed by atoms with E-state index in [1.807, 2.05) is 0 Å². The minimum atomic E-state index is 0.627. The summed E-state index contributed by atoms with van der Waals surface area (Å²) < 4.78 is 0. The molecule has 1 atom stereocenters. The van der Waals surface area contributed by atoms with E-state index in [0.717, 1.165) is 25.3 Å². The third-order valence-electron chi connectivity index (χ3n) is 4.16. The van der Waals surface area contributed by atoms with Gasteiger partial charge in [0.05, 0.1) is 0 Å². The Labute approximate surface area is 119 Å². The molecule has 1 heteroatoms. The molecule has 1 unspecified atom stereocenters. The second-order valence-corrected chi connectivity index (χ2v) is 5.51. The van der Waals surface area contributed by atoms with Crippen molar-refractivity contribution in [2.75, 3.05) is 6.54 Å². The Bertz CT molecular complexity index is 324. The van der Waals surface area contributed by atoms with Gasteiger partial charge in [-0.1, -0.05) is 64.8 Å². The molecule has 0 heterocycles. The number of hydrogen-bond acceptors (Lipinski definition) is 1. The summed E-state index contributed by atoms with van der Waals surface area (Å²) in [6.07, 6.45) is 6.04. The first kappa shape index (κ1) is 16.2. The molecule has 0 fully saturated rings. The van der Waals surface area contributed by atoms with Gasteiger partial charge >= 0.3 is 0 Å². The highest BCUT2D eigenvalue weighted by atomic mass is 14.9. The van der Waals surface area contributed by atoms with E-state index in [1.165, 1.54) is 30.4 Å². The van der Waals surface area contributed by atoms with E-state index in [-0.39, 0.29) is 0 Å². The number of aryl methyl sites for hydroxylation is 1. The first-order valence-corrected chi connectivity index (χ1v) is 8.06. The second-order valence-electron chi connectivity index (χ2n) is 5.51. The van der Waals surface area contributed by atoms with E-state index >= 15 is 0 Å². The molecule has 19 heavy (non-hydrogen) atoms. The molecule has 0 radical (unpaired) electrons. The van der Waals surface area contributed by atoms with Crippen LogP contribution >= 0.6 is 0 Å². The van der Waals surface area contributed by atoms with Gasteiger partial charge in [-0.15, -0.1) is 0 Å². The Morgan fingerprint density at radius 3 is 1.95 bits per heavy atom. The number of benzene rings is 1. The molecule has 1 N–H and O–H groups in total. The van der Waals surface area contributed by atoms with Gasteiger partial charge in [0.25, 0.3) is 0 Å². The van der Waals surface area contributed by atoms with Crippen LogP contribution in [0.3, 0.4) is 0 Å². The Hall–Kier alpha value is -0.820. The Balaban J connectivity index is 2.68. The summed E-state index contributed by atoms with van der Waals surface area (Å²) in [5.41, 5.74) is 2.90. The average molecular weight is 261 g/mol. The summed E-state index contributed by atoms with van der Waals surface area (Å²) in [5.74, 6) is 0.789. The molecule has 0 aliphatic rings. The molecule has 108 valence electrons. The molecule has 0 aromatic heterocycles. The van der Waals surface area contributed by atoms with Crippen molar-refractivity contribution in [3.8, 4) is 0 Å². The summed E-state index contributed by atoms with van der Waals surface area (Å²) in [5, 5.41) is 3.75. The summed E-state index contributed by atoms with van der Waals surface area (Å²) in [6, 6.07) is 9.80. The fraction of sp³-hybridized carbons (Fsp3) is 0.667. The molecule has 1 nitrogen and oxygen atoms in total. The van der Waals surface area contributed by atoms with E-state index in [1.54, 1.807) is 0 Å². The summed E-state index contributed by atoms with van der Waals surface area (Å²) >= 11 is 0. The summed E-state index contributed by atoms with van der Waals surface area (Å²) in [7, 11) is 0. The van der Waals surface area contributed by atoms with Crippen LogP contribution in [0.5, 0.6) is 0 Å². The van der Waals surface area contributed by atoms with Crippen LogP contribution in [-0.4, -0.2) is 12.6 Å². The molecule has 1 aromatic carbocycles. The van der Waals surface area contributed by atoms with Gasteiger partial charge in [-0.05, 0) is 42.9 Å². The van der Waals surface area contributed by atoms with E-state index in [0.29, 0.717) is 6.04 Å². The van der Waals surface area contributed by atoms with Crippen LogP contribution in [0.1, 0.15) is 58.1 Å².